The average Bonchev–Trinajstić information content (AvgIpc) is 2.95. The number of hydrogen-bond donors (Lipinski definition) is 0. The van der Waals surface area contributed by atoms with Crippen molar-refractivity contribution in [2.45, 2.75) is 58.5 Å². The van der Waals surface area contributed by atoms with Crippen LogP contribution in [0, 0.1) is 5.92 Å². The fourth-order valence-electron chi connectivity index (χ4n) is 2.91. The minimum atomic E-state index is -0.612. The predicted molar refractivity (Wildman–Crippen MR) is 99.3 cm³/mol. The number of amides is 2. The number of nitrogens with zero attached hydrogens (tertiary/aromatic N) is 1. The van der Waals surface area contributed by atoms with Gasteiger partial charge in [-0.15, -0.1) is 11.3 Å². The lowest BCUT2D eigenvalue weighted by Gasteiger charge is -2.25. The molecule has 2 amide bonds. The summed E-state index contributed by atoms with van der Waals surface area (Å²) in [4.78, 5) is 38.9. The standard InChI is InChI=1S/C19H27NO5S/c1-19(2,3)25-18(23)20-12-11-13(6-10-16(20)21)5-7-14-8-9-15(26-14)17(22)24-4/h8-9,13H,5-7,10-12H2,1-4H3. The van der Waals surface area contributed by atoms with Gasteiger partial charge in [-0.3, -0.25) is 4.79 Å². The Labute approximate surface area is 158 Å². The van der Waals surface area contributed by atoms with Crippen molar-refractivity contribution in [3.63, 3.8) is 0 Å². The normalized spacial score (nSPS) is 18.4. The molecule has 144 valence electrons. The summed E-state index contributed by atoms with van der Waals surface area (Å²) in [6.45, 7) is 5.77. The zero-order valence-electron chi connectivity index (χ0n) is 15.9. The van der Waals surface area contributed by atoms with Crippen LogP contribution in [0.2, 0.25) is 0 Å². The zero-order valence-corrected chi connectivity index (χ0v) is 16.7. The highest BCUT2D eigenvalue weighted by molar-refractivity contribution is 7.13. The average molecular weight is 381 g/mol. The summed E-state index contributed by atoms with van der Waals surface area (Å²) < 4.78 is 10.1. The molecule has 1 atom stereocenters. The van der Waals surface area contributed by atoms with E-state index in [1.54, 1.807) is 26.8 Å². The van der Waals surface area contributed by atoms with E-state index < -0.39 is 11.7 Å². The monoisotopic (exact) mass is 381 g/mol. The highest BCUT2D eigenvalue weighted by atomic mass is 32.1. The molecule has 0 saturated carbocycles. The molecule has 6 nitrogen and oxygen atoms in total. The summed E-state index contributed by atoms with van der Waals surface area (Å²) in [5.74, 6) is -0.102. The van der Waals surface area contributed by atoms with Gasteiger partial charge in [0.05, 0.1) is 7.11 Å². The second-order valence-corrected chi connectivity index (χ2v) is 8.68. The van der Waals surface area contributed by atoms with Gasteiger partial charge >= 0.3 is 12.1 Å². The van der Waals surface area contributed by atoms with Gasteiger partial charge in [0.2, 0.25) is 5.91 Å². The molecule has 0 aromatic carbocycles. The Hall–Kier alpha value is -1.89. The van der Waals surface area contributed by atoms with Gasteiger partial charge in [0.25, 0.3) is 0 Å². The van der Waals surface area contributed by atoms with Crippen LogP contribution in [0.15, 0.2) is 12.1 Å². The second kappa shape index (κ2) is 8.66. The van der Waals surface area contributed by atoms with Gasteiger partial charge in [-0.05, 0) is 64.5 Å². The minimum Gasteiger partial charge on any atom is -0.465 e. The van der Waals surface area contributed by atoms with Crippen molar-refractivity contribution in [2.75, 3.05) is 13.7 Å². The highest BCUT2D eigenvalue weighted by Gasteiger charge is 2.30. The summed E-state index contributed by atoms with van der Waals surface area (Å²) in [6.07, 6.45) is 3.14. The van der Waals surface area contributed by atoms with Crippen LogP contribution in [-0.2, 0) is 20.7 Å². The van der Waals surface area contributed by atoms with E-state index in [1.165, 1.54) is 23.3 Å². The lowest BCUT2D eigenvalue weighted by Crippen LogP contribution is -2.40. The van der Waals surface area contributed by atoms with Crippen molar-refractivity contribution in [3.8, 4) is 0 Å². The largest absolute Gasteiger partial charge is 0.465 e. The molecule has 1 saturated heterocycles. The number of ether oxygens (including phenoxy) is 2. The van der Waals surface area contributed by atoms with Crippen LogP contribution in [0.1, 0.15) is 61.0 Å². The van der Waals surface area contributed by atoms with Crippen LogP contribution in [0.4, 0.5) is 4.79 Å². The van der Waals surface area contributed by atoms with Gasteiger partial charge in [-0.2, -0.15) is 0 Å². The molecule has 1 aromatic heterocycles. The maximum atomic E-state index is 12.2. The van der Waals surface area contributed by atoms with Crippen LogP contribution in [-0.4, -0.2) is 42.1 Å². The molecule has 0 spiro atoms. The molecular weight excluding hydrogens is 354 g/mol. The molecule has 2 heterocycles. The van der Waals surface area contributed by atoms with E-state index in [0.717, 1.165) is 30.6 Å². The Bertz CT molecular complexity index is 661. The lowest BCUT2D eigenvalue weighted by atomic mass is 9.95. The number of thiophene rings is 1. The molecule has 0 aliphatic carbocycles. The molecule has 0 radical (unpaired) electrons. The van der Waals surface area contributed by atoms with Crippen LogP contribution in [0.25, 0.3) is 0 Å². The van der Waals surface area contributed by atoms with Gasteiger partial charge in [0.1, 0.15) is 10.5 Å². The third kappa shape index (κ3) is 5.83. The first-order chi connectivity index (χ1) is 12.2. The minimum absolute atomic E-state index is 0.161. The van der Waals surface area contributed by atoms with Crippen LogP contribution < -0.4 is 0 Å². The molecular formula is C19H27NO5S. The lowest BCUT2D eigenvalue weighted by molar-refractivity contribution is -0.129. The highest BCUT2D eigenvalue weighted by Crippen LogP contribution is 2.26. The number of carbonyl (C=O) groups is 3. The first kappa shape index (κ1) is 20.4. The molecule has 1 aromatic rings. The number of hydrogen-bond acceptors (Lipinski definition) is 6. The van der Waals surface area contributed by atoms with Gasteiger partial charge in [0.15, 0.2) is 0 Å². The van der Waals surface area contributed by atoms with Gasteiger partial charge in [0, 0.05) is 17.8 Å². The molecule has 1 aliphatic rings. The quantitative estimate of drug-likeness (QED) is 0.736. The van der Waals surface area contributed by atoms with Crippen molar-refractivity contribution >= 4 is 29.3 Å². The van der Waals surface area contributed by atoms with Crippen LogP contribution in [0.3, 0.4) is 0 Å². The van der Waals surface area contributed by atoms with Crippen LogP contribution >= 0.6 is 11.3 Å². The molecule has 7 heteroatoms. The Morgan fingerprint density at radius 2 is 2.00 bits per heavy atom. The SMILES string of the molecule is COC(=O)c1ccc(CCC2CCC(=O)N(C(=O)OC(C)(C)C)CC2)s1. The molecule has 1 fully saturated rings. The molecule has 2 rings (SSSR count). The molecule has 26 heavy (non-hydrogen) atoms. The van der Waals surface area contributed by atoms with E-state index in [2.05, 4.69) is 0 Å². The van der Waals surface area contributed by atoms with Gasteiger partial charge in [-0.1, -0.05) is 0 Å². The van der Waals surface area contributed by atoms with E-state index in [1.807, 2.05) is 6.07 Å². The molecule has 1 aliphatic heterocycles. The van der Waals surface area contributed by atoms with Gasteiger partial charge < -0.3 is 9.47 Å². The number of rotatable bonds is 4. The van der Waals surface area contributed by atoms with Crippen LogP contribution in [0.5, 0.6) is 0 Å². The van der Waals surface area contributed by atoms with Crippen molar-refractivity contribution in [3.05, 3.63) is 21.9 Å². The van der Waals surface area contributed by atoms with Crippen molar-refractivity contribution < 1.29 is 23.9 Å². The smallest absolute Gasteiger partial charge is 0.417 e. The van der Waals surface area contributed by atoms with E-state index in [0.29, 0.717) is 23.8 Å². The number of aryl methyl sites for hydroxylation is 1. The number of methoxy groups -OCH3 is 1. The molecule has 0 bridgehead atoms. The molecule has 1 unspecified atom stereocenters. The Morgan fingerprint density at radius 1 is 1.27 bits per heavy atom. The maximum Gasteiger partial charge on any atom is 0.417 e. The summed E-state index contributed by atoms with van der Waals surface area (Å²) in [7, 11) is 1.38. The second-order valence-electron chi connectivity index (χ2n) is 7.52. The first-order valence-corrected chi connectivity index (χ1v) is 9.71. The summed E-state index contributed by atoms with van der Waals surface area (Å²) in [5.41, 5.74) is -0.612. The van der Waals surface area contributed by atoms with Crippen molar-refractivity contribution in [1.29, 1.82) is 0 Å². The number of carbonyl (C=O) groups excluding carboxylic acids is 3. The summed E-state index contributed by atoms with van der Waals surface area (Å²) in [6, 6.07) is 3.73. The van der Waals surface area contributed by atoms with Gasteiger partial charge in [-0.25, -0.2) is 14.5 Å². The fourth-order valence-corrected chi connectivity index (χ4v) is 3.85. The Balaban J connectivity index is 1.87. The van der Waals surface area contributed by atoms with Crippen molar-refractivity contribution in [2.24, 2.45) is 5.92 Å². The Morgan fingerprint density at radius 3 is 2.65 bits per heavy atom. The maximum absolute atomic E-state index is 12.2. The molecule has 0 N–H and O–H groups in total. The number of imide groups is 1. The first-order valence-electron chi connectivity index (χ1n) is 8.90. The third-order valence-corrected chi connectivity index (χ3v) is 5.41. The number of esters is 1. The fraction of sp³-hybridized carbons (Fsp3) is 0.632. The topological polar surface area (TPSA) is 72.9 Å². The predicted octanol–water partition coefficient (Wildman–Crippen LogP) is 4.03. The zero-order chi connectivity index (χ0) is 19.3. The number of likely N-dealkylation sites (tertiary alicyclic amines) is 1. The Kier molecular flexibility index (Phi) is 6.81. The van der Waals surface area contributed by atoms with E-state index in [4.69, 9.17) is 9.47 Å². The van der Waals surface area contributed by atoms with E-state index in [-0.39, 0.29) is 11.9 Å². The third-order valence-electron chi connectivity index (χ3n) is 4.29. The van der Waals surface area contributed by atoms with Crippen molar-refractivity contribution in [1.82, 2.24) is 4.90 Å². The van der Waals surface area contributed by atoms with E-state index in [9.17, 15) is 14.4 Å². The van der Waals surface area contributed by atoms with E-state index >= 15 is 0 Å². The summed E-state index contributed by atoms with van der Waals surface area (Å²) >= 11 is 1.45. The summed E-state index contributed by atoms with van der Waals surface area (Å²) in [5, 5.41) is 0.